The first kappa shape index (κ1) is 27.1. The largest absolute Gasteiger partial charge is 0.505 e. The molecule has 42 heavy (non-hydrogen) atoms. The van der Waals surface area contributed by atoms with E-state index in [9.17, 15) is 14.3 Å². The van der Waals surface area contributed by atoms with Crippen molar-refractivity contribution >= 4 is 16.8 Å². The number of aryl methyl sites for hydroxylation is 1. The number of carbonyl (C=O) groups excluding carboxylic acids is 1. The lowest BCUT2D eigenvalue weighted by Gasteiger charge is -2.48. The minimum absolute atomic E-state index is 0.196. The normalized spacial score (nSPS) is 20.2. The minimum atomic E-state index is -0.636. The molecule has 0 aliphatic carbocycles. The zero-order chi connectivity index (χ0) is 29.0. The van der Waals surface area contributed by atoms with E-state index < -0.39 is 5.82 Å². The van der Waals surface area contributed by atoms with Crippen molar-refractivity contribution in [2.75, 3.05) is 32.7 Å². The summed E-state index contributed by atoms with van der Waals surface area (Å²) >= 11 is 0. The van der Waals surface area contributed by atoms with E-state index in [1.165, 1.54) is 31.4 Å². The number of fused-ring (bicyclic) bond motifs is 2. The molecule has 2 aromatic heterocycles. The Labute approximate surface area is 244 Å². The summed E-state index contributed by atoms with van der Waals surface area (Å²) in [5.74, 6) is -0.0700. The van der Waals surface area contributed by atoms with Crippen LogP contribution in [0.2, 0.25) is 0 Å². The van der Waals surface area contributed by atoms with Crippen molar-refractivity contribution in [2.45, 2.75) is 64.6 Å². The second-order valence-electron chi connectivity index (χ2n) is 11.9. The molecule has 1 amide bonds. The van der Waals surface area contributed by atoms with Gasteiger partial charge in [-0.05, 0) is 79.9 Å². The first-order valence-electron chi connectivity index (χ1n) is 15.3. The van der Waals surface area contributed by atoms with Crippen molar-refractivity contribution in [2.24, 2.45) is 0 Å². The average molecular weight is 572 g/mol. The van der Waals surface area contributed by atoms with Gasteiger partial charge in [0.2, 0.25) is 5.91 Å². The number of nitrogens with zero attached hydrogens (tertiary/aromatic N) is 5. The van der Waals surface area contributed by atoms with Crippen LogP contribution in [-0.4, -0.2) is 90.7 Å². The topological polar surface area (TPSA) is 104 Å². The second kappa shape index (κ2) is 10.8. The van der Waals surface area contributed by atoms with Gasteiger partial charge in [-0.25, -0.2) is 9.37 Å². The van der Waals surface area contributed by atoms with Crippen molar-refractivity contribution in [1.29, 1.82) is 0 Å². The SMILES string of the molecule is CCc1cc(O)c(F)cc1-c1ccc2c(-c3nc4c([nH]3)CN(CC)[C@@H](C(=O)N3CC(N5CCCCC5)C3)C4)n[nH]c2c1. The number of H-pyrrole nitrogens is 2. The zero-order valence-electron chi connectivity index (χ0n) is 24.3. The monoisotopic (exact) mass is 571 g/mol. The van der Waals surface area contributed by atoms with Crippen LogP contribution in [0.4, 0.5) is 4.39 Å². The molecule has 0 unspecified atom stereocenters. The number of likely N-dealkylation sites (N-methyl/N-ethyl adjacent to an activating group) is 1. The number of carbonyl (C=O) groups is 1. The molecule has 0 radical (unpaired) electrons. The first-order valence-corrected chi connectivity index (χ1v) is 15.3. The lowest BCUT2D eigenvalue weighted by molar-refractivity contribution is -0.145. The quantitative estimate of drug-likeness (QED) is 0.316. The lowest BCUT2D eigenvalue weighted by atomic mass is 9.96. The van der Waals surface area contributed by atoms with Crippen LogP contribution in [0.15, 0.2) is 30.3 Å². The highest BCUT2D eigenvalue weighted by Gasteiger charge is 2.41. The molecule has 10 heteroatoms. The number of nitrogens with one attached hydrogen (secondary N) is 2. The Bertz CT molecular complexity index is 1630. The average Bonchev–Trinajstić information content (AvgIpc) is 3.60. The van der Waals surface area contributed by atoms with Gasteiger partial charge < -0.3 is 15.0 Å². The molecule has 220 valence electrons. The molecule has 0 spiro atoms. The number of aromatic nitrogens is 4. The van der Waals surface area contributed by atoms with Gasteiger partial charge in [-0.1, -0.05) is 26.3 Å². The first-order chi connectivity index (χ1) is 20.4. The number of aromatic amines is 2. The zero-order valence-corrected chi connectivity index (χ0v) is 24.3. The summed E-state index contributed by atoms with van der Waals surface area (Å²) in [5.41, 5.74) is 5.97. The van der Waals surface area contributed by atoms with Gasteiger partial charge in [0.25, 0.3) is 0 Å². The Morgan fingerprint density at radius 2 is 1.93 bits per heavy atom. The van der Waals surface area contributed by atoms with E-state index in [4.69, 9.17) is 4.98 Å². The van der Waals surface area contributed by atoms with E-state index in [0.29, 0.717) is 31.3 Å². The van der Waals surface area contributed by atoms with Gasteiger partial charge in [0, 0.05) is 37.5 Å². The van der Waals surface area contributed by atoms with Crippen molar-refractivity contribution < 1.29 is 14.3 Å². The molecule has 2 aromatic carbocycles. The molecular weight excluding hydrogens is 533 g/mol. The molecule has 7 rings (SSSR count). The van der Waals surface area contributed by atoms with Gasteiger partial charge in [0.05, 0.1) is 22.9 Å². The number of amides is 1. The molecule has 0 bridgehead atoms. The summed E-state index contributed by atoms with van der Waals surface area (Å²) in [6.45, 7) is 9.53. The van der Waals surface area contributed by atoms with Crippen molar-refractivity contribution in [3.8, 4) is 28.4 Å². The molecule has 9 nitrogen and oxygen atoms in total. The number of phenolic OH excluding ortho intramolecular Hbond substituents is 1. The molecule has 5 heterocycles. The number of aromatic hydroxyl groups is 1. The number of halogens is 1. The van der Waals surface area contributed by atoms with Gasteiger partial charge in [0.15, 0.2) is 17.4 Å². The molecule has 2 fully saturated rings. The fraction of sp³-hybridized carbons (Fsp3) is 0.469. The van der Waals surface area contributed by atoms with Crippen molar-refractivity contribution in [3.05, 3.63) is 53.1 Å². The minimum Gasteiger partial charge on any atom is -0.505 e. The molecule has 3 N–H and O–H groups in total. The van der Waals surface area contributed by atoms with E-state index in [1.54, 1.807) is 0 Å². The fourth-order valence-electron chi connectivity index (χ4n) is 6.95. The number of likely N-dealkylation sites (tertiary alicyclic amines) is 2. The van der Waals surface area contributed by atoms with Gasteiger partial charge in [-0.3, -0.25) is 19.7 Å². The van der Waals surface area contributed by atoms with E-state index in [2.05, 4.69) is 31.9 Å². The fourth-order valence-corrected chi connectivity index (χ4v) is 6.95. The van der Waals surface area contributed by atoms with Crippen molar-refractivity contribution in [3.63, 3.8) is 0 Å². The maximum atomic E-state index is 14.2. The van der Waals surface area contributed by atoms with E-state index in [1.807, 2.05) is 30.0 Å². The van der Waals surface area contributed by atoms with Gasteiger partial charge in [-0.2, -0.15) is 5.10 Å². The number of benzene rings is 2. The lowest BCUT2D eigenvalue weighted by Crippen LogP contribution is -2.65. The molecule has 4 aromatic rings. The highest BCUT2D eigenvalue weighted by molar-refractivity contribution is 5.94. The standard InChI is InChI=1S/C32H38FN7O2/c1-3-19-13-29(41)24(33)14-23(19)20-8-9-22-25(12-20)36-37-30(22)31-34-26-15-28(38(4-2)18-27(26)35-31)32(42)40-16-21(17-40)39-10-6-5-7-11-39/h8-9,12-14,21,28,41H,3-7,10-11,15-18H2,1-2H3,(H,34,35)(H,36,37)/t28-/m1/s1. The molecule has 1 atom stereocenters. The molecule has 2 saturated heterocycles. The number of hydrogen-bond acceptors (Lipinski definition) is 6. The Hall–Kier alpha value is -3.76. The van der Waals surface area contributed by atoms with Crippen LogP contribution in [0.5, 0.6) is 5.75 Å². The number of imidazole rings is 1. The maximum Gasteiger partial charge on any atom is 0.240 e. The smallest absolute Gasteiger partial charge is 0.240 e. The predicted octanol–water partition coefficient (Wildman–Crippen LogP) is 4.47. The highest BCUT2D eigenvalue weighted by Crippen LogP contribution is 2.34. The van der Waals surface area contributed by atoms with E-state index >= 15 is 0 Å². The van der Waals surface area contributed by atoms with Crippen LogP contribution >= 0.6 is 0 Å². The van der Waals surface area contributed by atoms with Crippen LogP contribution in [-0.2, 0) is 24.2 Å². The summed E-state index contributed by atoms with van der Waals surface area (Å²) in [5, 5.41) is 18.4. The van der Waals surface area contributed by atoms with Crippen molar-refractivity contribution in [1.82, 2.24) is 34.9 Å². The highest BCUT2D eigenvalue weighted by atomic mass is 19.1. The summed E-state index contributed by atoms with van der Waals surface area (Å²) in [7, 11) is 0. The number of piperidine rings is 1. The van der Waals surface area contributed by atoms with E-state index in [0.717, 1.165) is 77.4 Å². The summed E-state index contributed by atoms with van der Waals surface area (Å²) in [4.78, 5) is 28.9. The third-order valence-corrected chi connectivity index (χ3v) is 9.48. The van der Waals surface area contributed by atoms with E-state index in [-0.39, 0.29) is 17.7 Å². The van der Waals surface area contributed by atoms with Gasteiger partial charge >= 0.3 is 0 Å². The Kier molecular flexibility index (Phi) is 6.98. The Balaban J connectivity index is 1.11. The Morgan fingerprint density at radius 3 is 2.69 bits per heavy atom. The summed E-state index contributed by atoms with van der Waals surface area (Å²) < 4.78 is 14.2. The van der Waals surface area contributed by atoms with Crippen LogP contribution in [0.3, 0.4) is 0 Å². The van der Waals surface area contributed by atoms with Gasteiger partial charge in [-0.15, -0.1) is 0 Å². The van der Waals surface area contributed by atoms with Crippen LogP contribution in [0.25, 0.3) is 33.5 Å². The maximum absolute atomic E-state index is 14.2. The van der Waals surface area contributed by atoms with Crippen LogP contribution < -0.4 is 0 Å². The number of hydrogen-bond donors (Lipinski definition) is 3. The Morgan fingerprint density at radius 1 is 1.12 bits per heavy atom. The molecule has 3 aliphatic heterocycles. The third-order valence-electron chi connectivity index (χ3n) is 9.48. The molecular formula is C32H38FN7O2. The number of rotatable bonds is 6. The predicted molar refractivity (Wildman–Crippen MR) is 159 cm³/mol. The summed E-state index contributed by atoms with van der Waals surface area (Å²) in [6, 6.07) is 9.08. The third kappa shape index (κ3) is 4.66. The summed E-state index contributed by atoms with van der Waals surface area (Å²) in [6.07, 6.45) is 5.12. The van der Waals surface area contributed by atoms with Crippen LogP contribution in [0, 0.1) is 5.82 Å². The van der Waals surface area contributed by atoms with Crippen LogP contribution in [0.1, 0.15) is 50.1 Å². The second-order valence-corrected chi connectivity index (χ2v) is 11.9. The molecule has 0 saturated carbocycles. The number of phenols is 1. The van der Waals surface area contributed by atoms with Gasteiger partial charge in [0.1, 0.15) is 5.69 Å². The molecule has 3 aliphatic rings.